The number of aromatic nitrogens is 1. The molecule has 0 saturated carbocycles. The van der Waals surface area contributed by atoms with Crippen LogP contribution in [0.3, 0.4) is 0 Å². The van der Waals surface area contributed by atoms with Crippen LogP contribution in [0, 0.1) is 13.8 Å². The molecule has 0 saturated heterocycles. The maximum Gasteiger partial charge on any atom is 0.136 e. The van der Waals surface area contributed by atoms with Crippen LogP contribution in [0.2, 0.25) is 0 Å². The van der Waals surface area contributed by atoms with E-state index < -0.39 is 0 Å². The summed E-state index contributed by atoms with van der Waals surface area (Å²) in [6.45, 7) is 6.53. The van der Waals surface area contributed by atoms with Gasteiger partial charge in [-0.3, -0.25) is 4.99 Å². The van der Waals surface area contributed by atoms with Crippen molar-refractivity contribution < 1.29 is 4.42 Å². The monoisotopic (exact) mass is 734 g/mol. The van der Waals surface area contributed by atoms with Gasteiger partial charge < -0.3 is 8.98 Å². The molecule has 0 N–H and O–H groups in total. The minimum Gasteiger partial charge on any atom is -0.456 e. The lowest BCUT2D eigenvalue weighted by atomic mass is 9.88. The molecule has 2 heterocycles. The molecule has 0 aliphatic heterocycles. The van der Waals surface area contributed by atoms with Crippen molar-refractivity contribution in [2.75, 3.05) is 0 Å². The third-order valence-electron chi connectivity index (χ3n) is 11.6. The van der Waals surface area contributed by atoms with E-state index in [-0.39, 0.29) is 0 Å². The number of hydrogen-bond donors (Lipinski definition) is 0. The van der Waals surface area contributed by atoms with Gasteiger partial charge in [-0.2, -0.15) is 0 Å². The first kappa shape index (κ1) is 34.5. The highest BCUT2D eigenvalue weighted by molar-refractivity contribution is 6.24. The number of allylic oxidation sites excluding steroid dienone is 2. The summed E-state index contributed by atoms with van der Waals surface area (Å²) in [5, 5.41) is 7.24. The van der Waals surface area contributed by atoms with Crippen molar-refractivity contribution >= 4 is 60.2 Å². The summed E-state index contributed by atoms with van der Waals surface area (Å²) in [7, 11) is 0. The van der Waals surface area contributed by atoms with Gasteiger partial charge in [0.25, 0.3) is 0 Å². The lowest BCUT2D eigenvalue weighted by Crippen LogP contribution is -2.07. The Hall–Kier alpha value is -6.97. The molecule has 0 radical (unpaired) electrons. The fraction of sp³-hybridized carbons (Fsp3) is 0.0926. The SMILES string of the molecule is C/C=C(/CCc1ccc2ccccc2c1-c1cc(-n2c3ccccc3c3ccccc32)ccc1C)N=C(c1ccccc1C)c1cccc2oc3ccccc3c12. The van der Waals surface area contributed by atoms with Gasteiger partial charge >= 0.3 is 0 Å². The van der Waals surface area contributed by atoms with Gasteiger partial charge in [0.15, 0.2) is 0 Å². The molecule has 57 heavy (non-hydrogen) atoms. The summed E-state index contributed by atoms with van der Waals surface area (Å²) in [4.78, 5) is 5.57. The Kier molecular flexibility index (Phi) is 8.64. The van der Waals surface area contributed by atoms with E-state index in [2.05, 4.69) is 189 Å². The molecular formula is C54H42N2O. The standard InChI is InChI=1S/C54H42N2O/c1-4-39(55-54(41-18-7-5-16-35(41)2)46-23-15-27-51-53(46)45-22-11-14-26-50(45)57-51)32-31-38-30-29-37-17-6-8-19-42(37)52(38)47-34-40(33-28-36(47)3)56-48-24-12-9-20-43(48)44-21-10-13-25-49(44)56/h4-30,33-34H,31-32H2,1-3H3/b39-4-,55-54?. The number of aliphatic imine (C=N–C) groups is 1. The Morgan fingerprint density at radius 3 is 2.00 bits per heavy atom. The number of fused-ring (bicyclic) bond motifs is 7. The third kappa shape index (κ3) is 5.95. The molecule has 0 amide bonds. The quantitative estimate of drug-likeness (QED) is 0.143. The van der Waals surface area contributed by atoms with Gasteiger partial charge in [-0.05, 0) is 109 Å². The van der Waals surface area contributed by atoms with Crippen LogP contribution in [0.25, 0.3) is 71.3 Å². The molecular weight excluding hydrogens is 693 g/mol. The van der Waals surface area contributed by atoms with Crippen molar-refractivity contribution in [1.29, 1.82) is 0 Å². The molecule has 0 aliphatic rings. The van der Waals surface area contributed by atoms with Crippen LogP contribution in [0.15, 0.2) is 191 Å². The molecule has 0 atom stereocenters. The van der Waals surface area contributed by atoms with Gasteiger partial charge in [-0.15, -0.1) is 0 Å². The molecule has 3 heteroatoms. The molecule has 10 aromatic rings. The lowest BCUT2D eigenvalue weighted by Gasteiger charge is -2.18. The van der Waals surface area contributed by atoms with Crippen molar-refractivity contribution in [3.63, 3.8) is 0 Å². The fourth-order valence-corrected chi connectivity index (χ4v) is 8.81. The third-order valence-corrected chi connectivity index (χ3v) is 11.6. The predicted molar refractivity (Wildman–Crippen MR) is 241 cm³/mol. The second-order valence-corrected chi connectivity index (χ2v) is 15.0. The van der Waals surface area contributed by atoms with E-state index >= 15 is 0 Å². The van der Waals surface area contributed by atoms with Crippen LogP contribution in [0.1, 0.15) is 41.2 Å². The van der Waals surface area contributed by atoms with Gasteiger partial charge in [0.1, 0.15) is 11.2 Å². The maximum absolute atomic E-state index is 6.35. The predicted octanol–water partition coefficient (Wildman–Crippen LogP) is 14.5. The number of rotatable bonds is 8. The van der Waals surface area contributed by atoms with Crippen LogP contribution in [0.4, 0.5) is 0 Å². The molecule has 3 nitrogen and oxygen atoms in total. The summed E-state index contributed by atoms with van der Waals surface area (Å²) in [6.07, 6.45) is 3.80. The first-order chi connectivity index (χ1) is 28.1. The molecule has 0 spiro atoms. The summed E-state index contributed by atoms with van der Waals surface area (Å²) < 4.78 is 8.77. The average Bonchev–Trinajstić information content (AvgIpc) is 3.81. The average molecular weight is 735 g/mol. The second kappa shape index (κ2) is 14.3. The Morgan fingerprint density at radius 1 is 0.579 bits per heavy atom. The molecule has 0 aliphatic carbocycles. The minimum absolute atomic E-state index is 0.783. The van der Waals surface area contributed by atoms with E-state index in [0.717, 1.165) is 63.0 Å². The number of para-hydroxylation sites is 3. The molecule has 274 valence electrons. The second-order valence-electron chi connectivity index (χ2n) is 15.0. The molecule has 10 rings (SSSR count). The van der Waals surface area contributed by atoms with Crippen LogP contribution < -0.4 is 0 Å². The van der Waals surface area contributed by atoms with Gasteiger partial charge in [-0.1, -0.05) is 140 Å². The molecule has 0 bridgehead atoms. The highest BCUT2D eigenvalue weighted by Crippen LogP contribution is 2.39. The number of hydrogen-bond acceptors (Lipinski definition) is 2. The van der Waals surface area contributed by atoms with E-state index in [1.54, 1.807) is 0 Å². The summed E-state index contributed by atoms with van der Waals surface area (Å²) in [5.41, 5.74) is 15.9. The Morgan fingerprint density at radius 2 is 1.23 bits per heavy atom. The number of benzene rings is 8. The van der Waals surface area contributed by atoms with Crippen LogP contribution >= 0.6 is 0 Å². The molecule has 0 fully saturated rings. The Labute approximate surface area is 332 Å². The zero-order valence-electron chi connectivity index (χ0n) is 32.5. The van der Waals surface area contributed by atoms with Crippen molar-refractivity contribution in [3.8, 4) is 16.8 Å². The van der Waals surface area contributed by atoms with E-state index in [4.69, 9.17) is 9.41 Å². The summed E-state index contributed by atoms with van der Waals surface area (Å²) in [5.74, 6) is 0. The number of nitrogens with zero attached hydrogens (tertiary/aromatic N) is 2. The topological polar surface area (TPSA) is 30.4 Å². The highest BCUT2D eigenvalue weighted by Gasteiger charge is 2.20. The van der Waals surface area contributed by atoms with Gasteiger partial charge in [0, 0.05) is 44.1 Å². The van der Waals surface area contributed by atoms with Crippen LogP contribution in [0.5, 0.6) is 0 Å². The maximum atomic E-state index is 6.35. The zero-order chi connectivity index (χ0) is 38.5. The minimum atomic E-state index is 0.783. The first-order valence-electron chi connectivity index (χ1n) is 19.9. The van der Waals surface area contributed by atoms with E-state index in [1.165, 1.54) is 60.4 Å². The molecule has 0 unspecified atom stereocenters. The van der Waals surface area contributed by atoms with Gasteiger partial charge in [-0.25, -0.2) is 0 Å². The van der Waals surface area contributed by atoms with Crippen LogP contribution in [-0.4, -0.2) is 10.3 Å². The lowest BCUT2D eigenvalue weighted by molar-refractivity contribution is 0.669. The molecule has 2 aromatic heterocycles. The Balaban J connectivity index is 1.10. The number of furan rings is 1. The van der Waals surface area contributed by atoms with Crippen molar-refractivity contribution in [1.82, 2.24) is 4.57 Å². The normalized spacial score (nSPS) is 12.5. The van der Waals surface area contributed by atoms with Crippen molar-refractivity contribution in [2.45, 2.75) is 33.6 Å². The highest BCUT2D eigenvalue weighted by atomic mass is 16.3. The van der Waals surface area contributed by atoms with Crippen molar-refractivity contribution in [2.24, 2.45) is 4.99 Å². The molecule has 8 aromatic carbocycles. The largest absolute Gasteiger partial charge is 0.456 e. The summed E-state index contributed by atoms with van der Waals surface area (Å²) in [6, 6.07) is 61.1. The zero-order valence-corrected chi connectivity index (χ0v) is 32.5. The van der Waals surface area contributed by atoms with Gasteiger partial charge in [0.2, 0.25) is 0 Å². The van der Waals surface area contributed by atoms with Crippen LogP contribution in [-0.2, 0) is 6.42 Å². The van der Waals surface area contributed by atoms with E-state index in [9.17, 15) is 0 Å². The summed E-state index contributed by atoms with van der Waals surface area (Å²) >= 11 is 0. The first-order valence-corrected chi connectivity index (χ1v) is 19.9. The van der Waals surface area contributed by atoms with E-state index in [0.29, 0.717) is 0 Å². The Bertz CT molecular complexity index is 3170. The smallest absolute Gasteiger partial charge is 0.136 e. The fourth-order valence-electron chi connectivity index (χ4n) is 8.81. The van der Waals surface area contributed by atoms with Gasteiger partial charge in [0.05, 0.1) is 16.7 Å². The van der Waals surface area contributed by atoms with Crippen molar-refractivity contribution in [3.05, 3.63) is 209 Å². The van der Waals surface area contributed by atoms with E-state index in [1.807, 2.05) is 12.1 Å². The number of aryl methyl sites for hydroxylation is 3.